The van der Waals surface area contributed by atoms with E-state index in [1.807, 2.05) is 24.3 Å². The van der Waals surface area contributed by atoms with Crippen molar-refractivity contribution in [2.24, 2.45) is 0 Å². The summed E-state index contributed by atoms with van der Waals surface area (Å²) in [4.78, 5) is 4.84. The van der Waals surface area contributed by atoms with E-state index >= 15 is 0 Å². The molecule has 4 rings (SSSR count). The van der Waals surface area contributed by atoms with Crippen LogP contribution in [0.3, 0.4) is 0 Å². The third-order valence-corrected chi connectivity index (χ3v) is 6.10. The zero-order valence-corrected chi connectivity index (χ0v) is 20.4. The third-order valence-electron chi connectivity index (χ3n) is 6.10. The lowest BCUT2D eigenvalue weighted by atomic mass is 9.87. The molecule has 4 aromatic rings. The van der Waals surface area contributed by atoms with Crippen LogP contribution >= 0.6 is 0 Å². The summed E-state index contributed by atoms with van der Waals surface area (Å²) in [5, 5.41) is 0. The summed E-state index contributed by atoms with van der Waals surface area (Å²) >= 11 is 0. The van der Waals surface area contributed by atoms with E-state index in [9.17, 15) is 0 Å². The number of para-hydroxylation sites is 2. The van der Waals surface area contributed by atoms with Gasteiger partial charge in [0.25, 0.3) is 0 Å². The van der Waals surface area contributed by atoms with Crippen molar-refractivity contribution >= 4 is 11.0 Å². The minimum atomic E-state index is 0.131. The first kappa shape index (κ1) is 22.9. The molecule has 33 heavy (non-hydrogen) atoms. The van der Waals surface area contributed by atoms with E-state index in [-0.39, 0.29) is 5.41 Å². The Bertz CT molecular complexity index is 1220. The largest absolute Gasteiger partial charge is 0.494 e. The Hall–Kier alpha value is -3.27. The Morgan fingerprint density at radius 1 is 0.818 bits per heavy atom. The van der Waals surface area contributed by atoms with Crippen molar-refractivity contribution in [3.05, 3.63) is 89.2 Å². The zero-order chi connectivity index (χ0) is 23.4. The van der Waals surface area contributed by atoms with Gasteiger partial charge in [-0.25, -0.2) is 4.98 Å². The number of imidazole rings is 1. The molecule has 4 nitrogen and oxygen atoms in total. The highest BCUT2D eigenvalue weighted by molar-refractivity contribution is 5.75. The zero-order valence-electron chi connectivity index (χ0n) is 20.4. The molecule has 0 spiro atoms. The van der Waals surface area contributed by atoms with Crippen molar-refractivity contribution in [1.29, 1.82) is 0 Å². The van der Waals surface area contributed by atoms with Gasteiger partial charge in [0.15, 0.2) is 0 Å². The fraction of sp³-hybridized carbons (Fsp3) is 0.345. The summed E-state index contributed by atoms with van der Waals surface area (Å²) in [5.41, 5.74) is 6.09. The van der Waals surface area contributed by atoms with Gasteiger partial charge in [-0.15, -0.1) is 0 Å². The number of benzene rings is 3. The van der Waals surface area contributed by atoms with Gasteiger partial charge in [0, 0.05) is 6.54 Å². The number of aromatic nitrogens is 2. The van der Waals surface area contributed by atoms with Crippen LogP contribution in [0.2, 0.25) is 0 Å². The molecule has 0 saturated heterocycles. The molecule has 0 unspecified atom stereocenters. The molecule has 0 bridgehead atoms. The molecule has 0 radical (unpaired) electrons. The quantitative estimate of drug-likeness (QED) is 0.276. The maximum absolute atomic E-state index is 6.12. The molecule has 0 aliphatic carbocycles. The Labute approximate surface area is 197 Å². The van der Waals surface area contributed by atoms with Gasteiger partial charge in [-0.1, -0.05) is 51.1 Å². The van der Waals surface area contributed by atoms with Crippen LogP contribution in [-0.4, -0.2) is 16.2 Å². The van der Waals surface area contributed by atoms with Crippen molar-refractivity contribution in [3.8, 4) is 11.5 Å². The third kappa shape index (κ3) is 5.57. The SMILES string of the molecule is Cc1ccc(OCCCn2c(COc3ccc(C(C)(C)C)cc3)nc3ccccc32)cc1C. The van der Waals surface area contributed by atoms with E-state index in [0.29, 0.717) is 13.2 Å². The predicted molar refractivity (Wildman–Crippen MR) is 135 cm³/mol. The lowest BCUT2D eigenvalue weighted by Crippen LogP contribution is -2.11. The van der Waals surface area contributed by atoms with Gasteiger partial charge in [0.2, 0.25) is 0 Å². The van der Waals surface area contributed by atoms with E-state index in [0.717, 1.165) is 41.3 Å². The molecular formula is C29H34N2O2. The molecule has 0 atom stereocenters. The highest BCUT2D eigenvalue weighted by atomic mass is 16.5. The predicted octanol–water partition coefficient (Wildman–Crippen LogP) is 7.00. The Balaban J connectivity index is 1.42. The van der Waals surface area contributed by atoms with Gasteiger partial charge in [-0.2, -0.15) is 0 Å². The maximum Gasteiger partial charge on any atom is 0.147 e. The average Bonchev–Trinajstić information content (AvgIpc) is 3.15. The van der Waals surface area contributed by atoms with Crippen LogP contribution in [0.15, 0.2) is 66.7 Å². The first-order valence-electron chi connectivity index (χ1n) is 11.7. The van der Waals surface area contributed by atoms with Crippen LogP contribution in [0, 0.1) is 13.8 Å². The van der Waals surface area contributed by atoms with Crippen molar-refractivity contribution in [1.82, 2.24) is 9.55 Å². The van der Waals surface area contributed by atoms with E-state index in [1.54, 1.807) is 0 Å². The standard InChI is InChI=1S/C29H34N2O2/c1-21-11-14-25(19-22(21)2)32-18-8-17-31-27-10-7-6-9-26(27)30-28(31)20-33-24-15-12-23(13-16-24)29(3,4)5/h6-7,9-16,19H,8,17-18,20H2,1-5H3. The highest BCUT2D eigenvalue weighted by Gasteiger charge is 2.14. The molecule has 4 heteroatoms. The Morgan fingerprint density at radius 3 is 2.27 bits per heavy atom. The number of aryl methyl sites for hydroxylation is 3. The van der Waals surface area contributed by atoms with Crippen molar-refractivity contribution in [3.63, 3.8) is 0 Å². The molecule has 1 aromatic heterocycles. The molecule has 0 amide bonds. The molecule has 0 saturated carbocycles. The van der Waals surface area contributed by atoms with Gasteiger partial charge in [-0.05, 0) is 78.8 Å². The van der Waals surface area contributed by atoms with E-state index < -0.39 is 0 Å². The molecular weight excluding hydrogens is 408 g/mol. The van der Waals surface area contributed by atoms with Crippen LogP contribution in [0.4, 0.5) is 0 Å². The smallest absolute Gasteiger partial charge is 0.147 e. The monoisotopic (exact) mass is 442 g/mol. The van der Waals surface area contributed by atoms with Crippen LogP contribution in [0.1, 0.15) is 49.7 Å². The normalized spacial score (nSPS) is 11.7. The molecule has 172 valence electrons. The first-order chi connectivity index (χ1) is 15.8. The van der Waals surface area contributed by atoms with Crippen molar-refractivity contribution < 1.29 is 9.47 Å². The fourth-order valence-corrected chi connectivity index (χ4v) is 3.90. The van der Waals surface area contributed by atoms with Crippen molar-refractivity contribution in [2.45, 2.75) is 59.6 Å². The van der Waals surface area contributed by atoms with E-state index in [4.69, 9.17) is 14.5 Å². The minimum absolute atomic E-state index is 0.131. The summed E-state index contributed by atoms with van der Waals surface area (Å²) in [7, 11) is 0. The number of ether oxygens (including phenoxy) is 2. The second kappa shape index (κ2) is 9.70. The van der Waals surface area contributed by atoms with E-state index in [2.05, 4.69) is 81.7 Å². The number of hydrogen-bond donors (Lipinski definition) is 0. The second-order valence-corrected chi connectivity index (χ2v) is 9.68. The van der Waals surface area contributed by atoms with Gasteiger partial charge in [-0.3, -0.25) is 0 Å². The minimum Gasteiger partial charge on any atom is -0.494 e. The van der Waals surface area contributed by atoms with Crippen LogP contribution in [0.25, 0.3) is 11.0 Å². The molecule has 0 aliphatic heterocycles. The highest BCUT2D eigenvalue weighted by Crippen LogP contribution is 2.25. The first-order valence-corrected chi connectivity index (χ1v) is 11.7. The van der Waals surface area contributed by atoms with Crippen LogP contribution in [-0.2, 0) is 18.6 Å². The topological polar surface area (TPSA) is 36.3 Å². The van der Waals surface area contributed by atoms with Gasteiger partial charge < -0.3 is 14.0 Å². The Kier molecular flexibility index (Phi) is 6.73. The molecule has 0 fully saturated rings. The fourth-order valence-electron chi connectivity index (χ4n) is 3.90. The number of nitrogens with zero attached hydrogens (tertiary/aromatic N) is 2. The lowest BCUT2D eigenvalue weighted by Gasteiger charge is -2.19. The summed E-state index contributed by atoms with van der Waals surface area (Å²) < 4.78 is 14.4. The second-order valence-electron chi connectivity index (χ2n) is 9.68. The van der Waals surface area contributed by atoms with Gasteiger partial charge in [0.1, 0.15) is 23.9 Å². The van der Waals surface area contributed by atoms with E-state index in [1.165, 1.54) is 16.7 Å². The molecule has 0 aliphatic rings. The van der Waals surface area contributed by atoms with Crippen molar-refractivity contribution in [2.75, 3.05) is 6.61 Å². The lowest BCUT2D eigenvalue weighted by molar-refractivity contribution is 0.280. The summed E-state index contributed by atoms with van der Waals surface area (Å²) in [5.74, 6) is 2.72. The average molecular weight is 443 g/mol. The Morgan fingerprint density at radius 2 is 1.55 bits per heavy atom. The van der Waals surface area contributed by atoms with Crippen LogP contribution in [0.5, 0.6) is 11.5 Å². The number of hydrogen-bond acceptors (Lipinski definition) is 3. The molecule has 3 aromatic carbocycles. The summed E-state index contributed by atoms with van der Waals surface area (Å²) in [6.07, 6.45) is 0.889. The molecule has 0 N–H and O–H groups in total. The maximum atomic E-state index is 6.12. The number of rotatable bonds is 8. The van der Waals surface area contributed by atoms with Gasteiger partial charge >= 0.3 is 0 Å². The van der Waals surface area contributed by atoms with Gasteiger partial charge in [0.05, 0.1) is 17.6 Å². The summed E-state index contributed by atoms with van der Waals surface area (Å²) in [6.45, 7) is 12.8. The number of fused-ring (bicyclic) bond motifs is 1. The summed E-state index contributed by atoms with van der Waals surface area (Å²) in [6, 6.07) is 22.9. The van der Waals surface area contributed by atoms with Crippen LogP contribution < -0.4 is 9.47 Å². The molecule has 1 heterocycles.